The second-order valence-corrected chi connectivity index (χ2v) is 3.57. The summed E-state index contributed by atoms with van der Waals surface area (Å²) in [4.78, 5) is 8.38. The molecule has 2 heteroatoms. The van der Waals surface area contributed by atoms with E-state index in [9.17, 15) is 0 Å². The fraction of sp³-hybridized carbons (Fsp3) is 0.636. The molecule has 1 atom stereocenters. The van der Waals surface area contributed by atoms with Gasteiger partial charge in [-0.05, 0) is 18.4 Å². The summed E-state index contributed by atoms with van der Waals surface area (Å²) in [7, 11) is 0. The zero-order valence-electron chi connectivity index (χ0n) is 8.53. The van der Waals surface area contributed by atoms with Crippen LogP contribution in [-0.2, 0) is 6.42 Å². The van der Waals surface area contributed by atoms with Gasteiger partial charge in [0.15, 0.2) is 0 Å². The first-order valence-electron chi connectivity index (χ1n) is 5.08. The van der Waals surface area contributed by atoms with E-state index < -0.39 is 0 Å². The fourth-order valence-electron chi connectivity index (χ4n) is 1.27. The first-order valence-corrected chi connectivity index (χ1v) is 5.08. The number of hydrogen-bond acceptors (Lipinski definition) is 2. The molecular formula is C11H18N2. The van der Waals surface area contributed by atoms with E-state index in [1.807, 2.05) is 18.5 Å². The molecule has 1 unspecified atom stereocenters. The van der Waals surface area contributed by atoms with Crippen molar-refractivity contribution in [3.8, 4) is 0 Å². The largest absolute Gasteiger partial charge is 0.241 e. The van der Waals surface area contributed by atoms with Gasteiger partial charge in [0.2, 0.25) is 0 Å². The summed E-state index contributed by atoms with van der Waals surface area (Å²) in [5, 5.41) is 0. The summed E-state index contributed by atoms with van der Waals surface area (Å²) < 4.78 is 0. The van der Waals surface area contributed by atoms with Gasteiger partial charge in [-0.2, -0.15) is 0 Å². The maximum atomic E-state index is 4.19. The third-order valence-electron chi connectivity index (χ3n) is 2.41. The monoisotopic (exact) mass is 178 g/mol. The predicted molar refractivity (Wildman–Crippen MR) is 54.4 cm³/mol. The van der Waals surface area contributed by atoms with E-state index in [1.54, 1.807) is 0 Å². The molecule has 0 bridgehead atoms. The minimum Gasteiger partial charge on any atom is -0.241 e. The number of aromatic nitrogens is 2. The lowest BCUT2D eigenvalue weighted by molar-refractivity contribution is 0.492. The van der Waals surface area contributed by atoms with E-state index >= 15 is 0 Å². The maximum absolute atomic E-state index is 4.19. The topological polar surface area (TPSA) is 25.8 Å². The molecule has 0 aliphatic heterocycles. The Hall–Kier alpha value is -0.920. The summed E-state index contributed by atoms with van der Waals surface area (Å²) in [5.41, 5.74) is 0. The first kappa shape index (κ1) is 10.2. The highest BCUT2D eigenvalue weighted by Gasteiger charge is 1.99. The van der Waals surface area contributed by atoms with Crippen molar-refractivity contribution in [1.82, 2.24) is 9.97 Å². The van der Waals surface area contributed by atoms with Crippen LogP contribution in [0.1, 0.15) is 38.9 Å². The summed E-state index contributed by atoms with van der Waals surface area (Å²) in [6, 6.07) is 1.86. The van der Waals surface area contributed by atoms with Gasteiger partial charge in [-0.25, -0.2) is 9.97 Å². The van der Waals surface area contributed by atoms with Crippen LogP contribution in [0.25, 0.3) is 0 Å². The Morgan fingerprint density at radius 2 is 2.00 bits per heavy atom. The Morgan fingerprint density at radius 1 is 1.31 bits per heavy atom. The van der Waals surface area contributed by atoms with E-state index in [2.05, 4.69) is 23.8 Å². The van der Waals surface area contributed by atoms with Gasteiger partial charge in [-0.1, -0.05) is 26.7 Å². The van der Waals surface area contributed by atoms with Crippen molar-refractivity contribution in [2.75, 3.05) is 0 Å². The SMILES string of the molecule is CCC(C)CCCc1ncccn1. The summed E-state index contributed by atoms with van der Waals surface area (Å²) in [5.74, 6) is 1.81. The zero-order valence-corrected chi connectivity index (χ0v) is 8.53. The normalized spacial score (nSPS) is 12.8. The number of rotatable bonds is 5. The van der Waals surface area contributed by atoms with Crippen molar-refractivity contribution >= 4 is 0 Å². The van der Waals surface area contributed by atoms with Crippen LogP contribution in [0.2, 0.25) is 0 Å². The average Bonchev–Trinajstić information content (AvgIpc) is 2.19. The number of hydrogen-bond donors (Lipinski definition) is 0. The molecular weight excluding hydrogens is 160 g/mol. The zero-order chi connectivity index (χ0) is 9.52. The van der Waals surface area contributed by atoms with Crippen LogP contribution in [0.4, 0.5) is 0 Å². The molecule has 1 rings (SSSR count). The third kappa shape index (κ3) is 4.02. The third-order valence-corrected chi connectivity index (χ3v) is 2.41. The van der Waals surface area contributed by atoms with Gasteiger partial charge in [0.25, 0.3) is 0 Å². The van der Waals surface area contributed by atoms with E-state index in [-0.39, 0.29) is 0 Å². The molecule has 0 spiro atoms. The lowest BCUT2D eigenvalue weighted by atomic mass is 10.0. The molecule has 0 aliphatic rings. The maximum Gasteiger partial charge on any atom is 0.128 e. The van der Waals surface area contributed by atoms with Crippen LogP contribution in [0.15, 0.2) is 18.5 Å². The van der Waals surface area contributed by atoms with Gasteiger partial charge in [-0.15, -0.1) is 0 Å². The first-order chi connectivity index (χ1) is 6.33. The van der Waals surface area contributed by atoms with Crippen molar-refractivity contribution in [2.24, 2.45) is 5.92 Å². The Labute approximate surface area is 80.4 Å². The lowest BCUT2D eigenvalue weighted by Gasteiger charge is -2.06. The number of aryl methyl sites for hydroxylation is 1. The lowest BCUT2D eigenvalue weighted by Crippen LogP contribution is -1.97. The highest BCUT2D eigenvalue weighted by molar-refractivity contribution is 4.88. The van der Waals surface area contributed by atoms with Gasteiger partial charge in [0.05, 0.1) is 0 Å². The molecule has 0 amide bonds. The Balaban J connectivity index is 2.20. The molecule has 1 aromatic heterocycles. The minimum absolute atomic E-state index is 0.837. The Morgan fingerprint density at radius 3 is 2.62 bits per heavy atom. The average molecular weight is 178 g/mol. The molecule has 13 heavy (non-hydrogen) atoms. The summed E-state index contributed by atoms with van der Waals surface area (Å²) >= 11 is 0. The van der Waals surface area contributed by atoms with Crippen LogP contribution in [0.5, 0.6) is 0 Å². The van der Waals surface area contributed by atoms with Crippen molar-refractivity contribution in [3.63, 3.8) is 0 Å². The van der Waals surface area contributed by atoms with E-state index in [1.165, 1.54) is 19.3 Å². The molecule has 72 valence electrons. The highest BCUT2D eigenvalue weighted by Crippen LogP contribution is 2.10. The fourth-order valence-corrected chi connectivity index (χ4v) is 1.27. The van der Waals surface area contributed by atoms with Crippen molar-refractivity contribution in [3.05, 3.63) is 24.3 Å². The van der Waals surface area contributed by atoms with Crippen molar-refractivity contribution < 1.29 is 0 Å². The smallest absolute Gasteiger partial charge is 0.128 e. The second-order valence-electron chi connectivity index (χ2n) is 3.57. The minimum atomic E-state index is 0.837. The van der Waals surface area contributed by atoms with E-state index in [0.717, 1.165) is 18.2 Å². The van der Waals surface area contributed by atoms with Crippen molar-refractivity contribution in [2.45, 2.75) is 39.5 Å². The van der Waals surface area contributed by atoms with Crippen LogP contribution < -0.4 is 0 Å². The Bertz CT molecular complexity index is 221. The molecule has 0 fully saturated rings. The van der Waals surface area contributed by atoms with E-state index in [4.69, 9.17) is 0 Å². The van der Waals surface area contributed by atoms with Crippen molar-refractivity contribution in [1.29, 1.82) is 0 Å². The molecule has 1 aromatic rings. The summed E-state index contributed by atoms with van der Waals surface area (Å²) in [6.45, 7) is 4.54. The molecule has 0 radical (unpaired) electrons. The van der Waals surface area contributed by atoms with Gasteiger partial charge in [0, 0.05) is 18.8 Å². The van der Waals surface area contributed by atoms with Gasteiger partial charge in [-0.3, -0.25) is 0 Å². The molecule has 0 saturated carbocycles. The summed E-state index contributed by atoms with van der Waals surface area (Å²) in [6.07, 6.45) is 8.41. The van der Waals surface area contributed by atoms with Crippen LogP contribution in [-0.4, -0.2) is 9.97 Å². The highest BCUT2D eigenvalue weighted by atomic mass is 14.8. The van der Waals surface area contributed by atoms with Crippen LogP contribution in [0.3, 0.4) is 0 Å². The molecule has 0 aliphatic carbocycles. The molecule has 1 heterocycles. The number of nitrogens with zero attached hydrogens (tertiary/aromatic N) is 2. The molecule has 0 N–H and O–H groups in total. The Kier molecular flexibility index (Phi) is 4.44. The quantitative estimate of drug-likeness (QED) is 0.693. The van der Waals surface area contributed by atoms with Crippen LogP contribution in [0, 0.1) is 5.92 Å². The van der Waals surface area contributed by atoms with Gasteiger partial charge >= 0.3 is 0 Å². The van der Waals surface area contributed by atoms with E-state index in [0.29, 0.717) is 0 Å². The molecule has 2 nitrogen and oxygen atoms in total. The standard InChI is InChI=1S/C11H18N2/c1-3-10(2)6-4-7-11-12-8-5-9-13-11/h5,8-10H,3-4,6-7H2,1-2H3. The van der Waals surface area contributed by atoms with Crippen LogP contribution >= 0.6 is 0 Å². The molecule has 0 aromatic carbocycles. The van der Waals surface area contributed by atoms with Gasteiger partial charge in [0.1, 0.15) is 5.82 Å². The second kappa shape index (κ2) is 5.68. The predicted octanol–water partition coefficient (Wildman–Crippen LogP) is 2.85. The van der Waals surface area contributed by atoms with Gasteiger partial charge < -0.3 is 0 Å². The molecule has 0 saturated heterocycles.